The number of allylic oxidation sites excluding steroid dienone is 1. The maximum Gasteiger partial charge on any atom is 0.0726 e. The minimum atomic E-state index is -0.297. The second-order valence-electron chi connectivity index (χ2n) is 4.88. The third-order valence-corrected chi connectivity index (χ3v) is 3.58. The van der Waals surface area contributed by atoms with Gasteiger partial charge in [-0.15, -0.1) is 0 Å². The van der Waals surface area contributed by atoms with Crippen molar-refractivity contribution >= 4 is 16.5 Å². The molecule has 0 spiro atoms. The molecule has 2 nitrogen and oxygen atoms in total. The van der Waals surface area contributed by atoms with Crippen LogP contribution in [0, 0.1) is 0 Å². The van der Waals surface area contributed by atoms with Gasteiger partial charge in [0.2, 0.25) is 0 Å². The van der Waals surface area contributed by atoms with Crippen LogP contribution in [0.5, 0.6) is 0 Å². The smallest absolute Gasteiger partial charge is 0.0726 e. The van der Waals surface area contributed by atoms with Gasteiger partial charge in [-0.05, 0) is 42.5 Å². The van der Waals surface area contributed by atoms with E-state index in [-0.39, 0.29) is 6.10 Å². The van der Waals surface area contributed by atoms with Gasteiger partial charge in [0.05, 0.1) is 11.6 Å². The molecule has 1 atom stereocenters. The number of hydrogen-bond acceptors (Lipinski definition) is 2. The number of benzene rings is 1. The molecule has 0 aliphatic heterocycles. The molecule has 2 heteroatoms. The van der Waals surface area contributed by atoms with Crippen molar-refractivity contribution in [3.8, 4) is 0 Å². The highest BCUT2D eigenvalue weighted by atomic mass is 16.3. The Labute approximate surface area is 107 Å². The zero-order valence-electron chi connectivity index (χ0n) is 10.3. The lowest BCUT2D eigenvalue weighted by Gasteiger charge is -2.10. The van der Waals surface area contributed by atoms with Crippen LogP contribution in [0.1, 0.15) is 31.2 Å². The molecule has 0 radical (unpaired) electrons. The number of pyridine rings is 1. The first kappa shape index (κ1) is 11.4. The molecule has 18 heavy (non-hydrogen) atoms. The van der Waals surface area contributed by atoms with Crippen molar-refractivity contribution in [2.24, 2.45) is 0 Å². The van der Waals surface area contributed by atoms with Gasteiger partial charge in [0.15, 0.2) is 0 Å². The van der Waals surface area contributed by atoms with E-state index >= 15 is 0 Å². The molecule has 1 N–H and O–H groups in total. The molecule has 1 aromatic carbocycles. The lowest BCUT2D eigenvalue weighted by Crippen LogP contribution is -2.00. The lowest BCUT2D eigenvalue weighted by atomic mass is 9.97. The Morgan fingerprint density at radius 3 is 3.00 bits per heavy atom. The van der Waals surface area contributed by atoms with E-state index in [0.717, 1.165) is 31.2 Å². The van der Waals surface area contributed by atoms with Crippen LogP contribution in [0.3, 0.4) is 0 Å². The summed E-state index contributed by atoms with van der Waals surface area (Å²) in [6.45, 7) is 0. The Hall–Kier alpha value is -1.67. The van der Waals surface area contributed by atoms with Crippen molar-refractivity contribution in [2.75, 3.05) is 0 Å². The fourth-order valence-corrected chi connectivity index (χ4v) is 2.68. The number of nitrogens with zero attached hydrogens (tertiary/aromatic N) is 1. The first-order chi connectivity index (χ1) is 8.84. The Kier molecular flexibility index (Phi) is 3.11. The minimum Gasteiger partial charge on any atom is -0.389 e. The normalized spacial score (nSPS) is 20.5. The van der Waals surface area contributed by atoms with E-state index in [1.54, 1.807) is 0 Å². The van der Waals surface area contributed by atoms with Gasteiger partial charge in [0.1, 0.15) is 0 Å². The second kappa shape index (κ2) is 4.91. The summed E-state index contributed by atoms with van der Waals surface area (Å²) in [6, 6.07) is 10.3. The molecule has 1 heterocycles. The maximum absolute atomic E-state index is 9.90. The number of aromatic nitrogens is 1. The summed E-state index contributed by atoms with van der Waals surface area (Å²) in [5, 5.41) is 11.1. The van der Waals surface area contributed by atoms with E-state index in [4.69, 9.17) is 0 Å². The zero-order valence-corrected chi connectivity index (χ0v) is 10.3. The molecule has 1 aliphatic carbocycles. The van der Waals surface area contributed by atoms with Crippen molar-refractivity contribution < 1.29 is 5.11 Å². The van der Waals surface area contributed by atoms with Gasteiger partial charge in [-0.3, -0.25) is 4.98 Å². The summed E-state index contributed by atoms with van der Waals surface area (Å²) in [7, 11) is 0. The van der Waals surface area contributed by atoms with Crippen molar-refractivity contribution in [1.29, 1.82) is 0 Å². The third-order valence-electron chi connectivity index (χ3n) is 3.58. The summed E-state index contributed by atoms with van der Waals surface area (Å²) >= 11 is 0. The molecule has 0 saturated carbocycles. The fourth-order valence-electron chi connectivity index (χ4n) is 2.68. The highest BCUT2D eigenvalue weighted by Gasteiger charge is 2.12. The molecule has 1 unspecified atom stereocenters. The van der Waals surface area contributed by atoms with Crippen molar-refractivity contribution in [2.45, 2.75) is 31.8 Å². The summed E-state index contributed by atoms with van der Waals surface area (Å²) in [4.78, 5) is 4.39. The summed E-state index contributed by atoms with van der Waals surface area (Å²) in [5.41, 5.74) is 3.51. The van der Waals surface area contributed by atoms with Gasteiger partial charge < -0.3 is 5.11 Å². The van der Waals surface area contributed by atoms with E-state index < -0.39 is 0 Å². The Balaban J connectivity index is 2.13. The van der Waals surface area contributed by atoms with Crippen LogP contribution in [0.25, 0.3) is 16.5 Å². The molecule has 0 fully saturated rings. The Bertz CT molecular complexity index is 583. The number of fused-ring (bicyclic) bond motifs is 1. The molecule has 0 saturated heterocycles. The SMILES string of the molecule is OC1C=C(c2cccc3ncccc23)CCCC1. The van der Waals surface area contributed by atoms with Gasteiger partial charge in [-0.2, -0.15) is 0 Å². The Morgan fingerprint density at radius 2 is 2.06 bits per heavy atom. The molecule has 92 valence electrons. The lowest BCUT2D eigenvalue weighted by molar-refractivity contribution is 0.211. The molecular formula is C16H17NO. The van der Waals surface area contributed by atoms with Crippen molar-refractivity contribution in [3.63, 3.8) is 0 Å². The summed E-state index contributed by atoms with van der Waals surface area (Å²) in [6.07, 6.45) is 7.73. The average molecular weight is 239 g/mol. The van der Waals surface area contributed by atoms with Crippen LogP contribution < -0.4 is 0 Å². The molecule has 1 aliphatic rings. The summed E-state index contributed by atoms with van der Waals surface area (Å²) < 4.78 is 0. The van der Waals surface area contributed by atoms with Crippen LogP contribution in [0.4, 0.5) is 0 Å². The zero-order chi connectivity index (χ0) is 12.4. The highest BCUT2D eigenvalue weighted by Crippen LogP contribution is 2.30. The summed E-state index contributed by atoms with van der Waals surface area (Å²) in [5.74, 6) is 0. The van der Waals surface area contributed by atoms with Crippen molar-refractivity contribution in [1.82, 2.24) is 4.98 Å². The molecular weight excluding hydrogens is 222 g/mol. The van der Waals surface area contributed by atoms with Gasteiger partial charge >= 0.3 is 0 Å². The number of rotatable bonds is 1. The predicted molar refractivity (Wildman–Crippen MR) is 74.2 cm³/mol. The molecule has 2 aromatic rings. The monoisotopic (exact) mass is 239 g/mol. The second-order valence-corrected chi connectivity index (χ2v) is 4.88. The van der Waals surface area contributed by atoms with Crippen LogP contribution in [-0.4, -0.2) is 16.2 Å². The first-order valence-corrected chi connectivity index (χ1v) is 6.57. The molecule has 3 rings (SSSR count). The molecule has 0 bridgehead atoms. The largest absolute Gasteiger partial charge is 0.389 e. The quantitative estimate of drug-likeness (QED) is 0.825. The molecule has 0 amide bonds. The Morgan fingerprint density at radius 1 is 1.11 bits per heavy atom. The van der Waals surface area contributed by atoms with E-state index in [0.29, 0.717) is 0 Å². The number of aliphatic hydroxyl groups is 1. The first-order valence-electron chi connectivity index (χ1n) is 6.57. The van der Waals surface area contributed by atoms with E-state index in [9.17, 15) is 5.11 Å². The van der Waals surface area contributed by atoms with E-state index in [1.807, 2.05) is 30.5 Å². The predicted octanol–water partition coefficient (Wildman–Crippen LogP) is 3.55. The standard InChI is InChI=1S/C16H17NO/c18-13-6-2-1-5-12(11-13)14-7-3-9-16-15(14)8-4-10-17-16/h3-4,7-11,13,18H,1-2,5-6H2. The van der Waals surface area contributed by atoms with E-state index in [2.05, 4.69) is 17.1 Å². The van der Waals surface area contributed by atoms with Crippen LogP contribution in [0.15, 0.2) is 42.6 Å². The van der Waals surface area contributed by atoms with Crippen molar-refractivity contribution in [3.05, 3.63) is 48.2 Å². The average Bonchev–Trinajstić information content (AvgIpc) is 2.63. The number of aliphatic hydroxyl groups excluding tert-OH is 1. The highest BCUT2D eigenvalue weighted by molar-refractivity contribution is 5.91. The van der Waals surface area contributed by atoms with Gasteiger partial charge in [0, 0.05) is 11.6 Å². The fraction of sp³-hybridized carbons (Fsp3) is 0.312. The van der Waals surface area contributed by atoms with Gasteiger partial charge in [0.25, 0.3) is 0 Å². The van der Waals surface area contributed by atoms with Crippen LogP contribution in [-0.2, 0) is 0 Å². The van der Waals surface area contributed by atoms with E-state index in [1.165, 1.54) is 16.5 Å². The third kappa shape index (κ3) is 2.16. The number of hydrogen-bond donors (Lipinski definition) is 1. The van der Waals surface area contributed by atoms with Crippen LogP contribution >= 0.6 is 0 Å². The van der Waals surface area contributed by atoms with Gasteiger partial charge in [-0.1, -0.05) is 30.7 Å². The minimum absolute atomic E-state index is 0.297. The van der Waals surface area contributed by atoms with Gasteiger partial charge in [-0.25, -0.2) is 0 Å². The topological polar surface area (TPSA) is 33.1 Å². The maximum atomic E-state index is 9.90. The van der Waals surface area contributed by atoms with Crippen LogP contribution in [0.2, 0.25) is 0 Å². The molecule has 1 aromatic heterocycles.